The molecule has 0 amide bonds. The van der Waals surface area contributed by atoms with Gasteiger partial charge in [0, 0.05) is 22.6 Å². The minimum absolute atomic E-state index is 0.248. The summed E-state index contributed by atoms with van der Waals surface area (Å²) in [4.78, 5) is 15.0. The van der Waals surface area contributed by atoms with Crippen LogP contribution in [0.4, 0.5) is 0 Å². The number of ketones is 1. The van der Waals surface area contributed by atoms with E-state index in [2.05, 4.69) is 54.5 Å². The fraction of sp³-hybridized carbons (Fsp3) is 0.450. The quantitative estimate of drug-likeness (QED) is 0.795. The monoisotopic (exact) mass is 310 g/mol. The lowest BCUT2D eigenvalue weighted by Gasteiger charge is -2.25. The van der Waals surface area contributed by atoms with Gasteiger partial charge in [0.15, 0.2) is 5.78 Å². The lowest BCUT2D eigenvalue weighted by molar-refractivity contribution is 0.0915. The molecule has 3 heteroatoms. The molecule has 0 unspecified atom stereocenters. The predicted molar refractivity (Wildman–Crippen MR) is 94.6 cm³/mol. The first-order valence-electron chi connectivity index (χ1n) is 8.58. The molecule has 2 heterocycles. The molecule has 1 aliphatic rings. The largest absolute Gasteiger partial charge is 0.318 e. The highest BCUT2D eigenvalue weighted by Gasteiger charge is 2.20. The maximum Gasteiger partial charge on any atom is 0.178 e. The Balaban J connectivity index is 1.85. The van der Waals surface area contributed by atoms with Crippen molar-refractivity contribution in [3.63, 3.8) is 0 Å². The molecule has 1 aromatic heterocycles. The van der Waals surface area contributed by atoms with Gasteiger partial charge in [-0.1, -0.05) is 24.1 Å². The highest BCUT2D eigenvalue weighted by molar-refractivity contribution is 5.99. The van der Waals surface area contributed by atoms with Crippen LogP contribution < -0.4 is 0 Å². The fourth-order valence-corrected chi connectivity index (χ4v) is 3.54. The lowest BCUT2D eigenvalue weighted by Crippen LogP contribution is -2.34. The van der Waals surface area contributed by atoms with Crippen molar-refractivity contribution < 1.29 is 4.79 Å². The molecule has 0 radical (unpaired) electrons. The van der Waals surface area contributed by atoms with Crippen molar-refractivity contribution in [2.24, 2.45) is 0 Å². The molecule has 1 fully saturated rings. The molecule has 1 saturated heterocycles. The van der Waals surface area contributed by atoms with E-state index in [0.29, 0.717) is 6.54 Å². The average Bonchev–Trinajstić information content (AvgIpc) is 2.84. The third kappa shape index (κ3) is 3.40. The highest BCUT2D eigenvalue weighted by Crippen LogP contribution is 2.22. The maximum absolute atomic E-state index is 12.7. The van der Waals surface area contributed by atoms with Crippen molar-refractivity contribution in [3.8, 4) is 5.69 Å². The summed E-state index contributed by atoms with van der Waals surface area (Å²) in [7, 11) is 0. The van der Waals surface area contributed by atoms with Crippen molar-refractivity contribution in [1.82, 2.24) is 9.47 Å². The average molecular weight is 310 g/mol. The first-order chi connectivity index (χ1) is 11.1. The number of hydrogen-bond acceptors (Lipinski definition) is 2. The molecule has 0 bridgehead atoms. The lowest BCUT2D eigenvalue weighted by atomic mass is 10.1. The van der Waals surface area contributed by atoms with Crippen molar-refractivity contribution in [2.45, 2.75) is 40.0 Å². The number of aromatic nitrogens is 1. The van der Waals surface area contributed by atoms with Gasteiger partial charge < -0.3 is 4.57 Å². The van der Waals surface area contributed by atoms with Crippen molar-refractivity contribution in [3.05, 3.63) is 52.8 Å². The third-order valence-corrected chi connectivity index (χ3v) is 4.84. The smallest absolute Gasteiger partial charge is 0.178 e. The zero-order valence-electron chi connectivity index (χ0n) is 14.4. The fourth-order valence-electron chi connectivity index (χ4n) is 3.54. The topological polar surface area (TPSA) is 25.2 Å². The third-order valence-electron chi connectivity index (χ3n) is 4.84. The number of Topliss-reactive ketones (excluding diaryl/α,β-unsaturated/α-hetero) is 1. The van der Waals surface area contributed by atoms with E-state index in [1.807, 2.05) is 6.07 Å². The minimum atomic E-state index is 0.248. The molecule has 3 rings (SSSR count). The van der Waals surface area contributed by atoms with Crippen LogP contribution in [0.3, 0.4) is 0 Å². The summed E-state index contributed by atoms with van der Waals surface area (Å²) in [5, 5.41) is 0. The van der Waals surface area contributed by atoms with Crippen LogP contribution in [-0.2, 0) is 0 Å². The Labute approximate surface area is 138 Å². The van der Waals surface area contributed by atoms with Gasteiger partial charge in [-0.2, -0.15) is 0 Å². The van der Waals surface area contributed by atoms with E-state index in [4.69, 9.17) is 0 Å². The molecular formula is C20H26N2O. The minimum Gasteiger partial charge on any atom is -0.318 e. The first-order valence-corrected chi connectivity index (χ1v) is 8.58. The second kappa shape index (κ2) is 6.71. The number of carbonyl (C=O) groups excluding carboxylic acids is 1. The molecule has 0 atom stereocenters. The van der Waals surface area contributed by atoms with Gasteiger partial charge in [0.1, 0.15) is 0 Å². The Hall–Kier alpha value is -1.87. The summed E-state index contributed by atoms with van der Waals surface area (Å²) in [6.07, 6.45) is 3.73. The molecule has 1 aromatic carbocycles. The first kappa shape index (κ1) is 16.0. The summed E-state index contributed by atoms with van der Waals surface area (Å²) >= 11 is 0. The Morgan fingerprint density at radius 1 is 1.00 bits per heavy atom. The number of likely N-dealkylation sites (tertiary alicyclic amines) is 1. The predicted octanol–water partition coefficient (Wildman–Crippen LogP) is 4.07. The molecule has 3 nitrogen and oxygen atoms in total. The Kier molecular flexibility index (Phi) is 4.67. The van der Waals surface area contributed by atoms with Gasteiger partial charge in [0.2, 0.25) is 0 Å². The van der Waals surface area contributed by atoms with Crippen molar-refractivity contribution >= 4 is 5.78 Å². The zero-order valence-corrected chi connectivity index (χ0v) is 14.4. The summed E-state index contributed by atoms with van der Waals surface area (Å²) in [6.45, 7) is 8.89. The van der Waals surface area contributed by atoms with E-state index >= 15 is 0 Å². The maximum atomic E-state index is 12.7. The summed E-state index contributed by atoms with van der Waals surface area (Å²) in [5.74, 6) is 0.248. The number of aryl methyl sites for hydroxylation is 2. The Bertz CT molecular complexity index is 691. The zero-order chi connectivity index (χ0) is 16.4. The number of piperidine rings is 1. The van der Waals surface area contributed by atoms with Crippen LogP contribution in [0, 0.1) is 20.8 Å². The molecular weight excluding hydrogens is 284 g/mol. The molecule has 0 saturated carbocycles. The highest BCUT2D eigenvalue weighted by atomic mass is 16.1. The molecule has 0 N–H and O–H groups in total. The van der Waals surface area contributed by atoms with Crippen LogP contribution in [-0.4, -0.2) is 34.9 Å². The Morgan fingerprint density at radius 3 is 2.30 bits per heavy atom. The van der Waals surface area contributed by atoms with Crippen LogP contribution in [0.15, 0.2) is 30.3 Å². The van der Waals surface area contributed by atoms with Crippen LogP contribution in [0.1, 0.15) is 46.6 Å². The summed E-state index contributed by atoms with van der Waals surface area (Å²) < 4.78 is 2.18. The van der Waals surface area contributed by atoms with E-state index in [0.717, 1.165) is 35.7 Å². The molecule has 1 aliphatic heterocycles. The second-order valence-electron chi connectivity index (χ2n) is 6.72. The van der Waals surface area contributed by atoms with Gasteiger partial charge in [-0.3, -0.25) is 9.69 Å². The molecule has 2 aromatic rings. The molecule has 23 heavy (non-hydrogen) atoms. The van der Waals surface area contributed by atoms with Crippen LogP contribution in [0.5, 0.6) is 0 Å². The van der Waals surface area contributed by atoms with Crippen LogP contribution in [0.2, 0.25) is 0 Å². The normalized spacial score (nSPS) is 15.8. The molecule has 122 valence electrons. The standard InChI is InChI=1S/C20H26N2O/c1-15-7-9-18(10-8-15)22-16(2)13-19(17(22)3)20(23)14-21-11-5-4-6-12-21/h7-10,13H,4-6,11-12,14H2,1-3H3. The van der Waals surface area contributed by atoms with Gasteiger partial charge >= 0.3 is 0 Å². The van der Waals surface area contributed by atoms with E-state index in [1.165, 1.54) is 24.8 Å². The van der Waals surface area contributed by atoms with Gasteiger partial charge in [-0.25, -0.2) is 0 Å². The van der Waals surface area contributed by atoms with Gasteiger partial charge in [0.25, 0.3) is 0 Å². The number of nitrogens with zero attached hydrogens (tertiary/aromatic N) is 2. The van der Waals surface area contributed by atoms with Crippen LogP contribution >= 0.6 is 0 Å². The van der Waals surface area contributed by atoms with Gasteiger partial charge in [-0.05, 0) is 64.9 Å². The van der Waals surface area contributed by atoms with Crippen molar-refractivity contribution in [1.29, 1.82) is 0 Å². The van der Waals surface area contributed by atoms with E-state index in [1.54, 1.807) is 0 Å². The summed E-state index contributed by atoms with van der Waals surface area (Å²) in [6, 6.07) is 10.5. The number of benzene rings is 1. The molecule has 0 spiro atoms. The molecule has 0 aliphatic carbocycles. The SMILES string of the molecule is Cc1ccc(-n2c(C)cc(C(=O)CN3CCCCC3)c2C)cc1. The van der Waals surface area contributed by atoms with E-state index < -0.39 is 0 Å². The number of rotatable bonds is 4. The van der Waals surface area contributed by atoms with Gasteiger partial charge in [0.05, 0.1) is 6.54 Å². The van der Waals surface area contributed by atoms with E-state index in [9.17, 15) is 4.79 Å². The van der Waals surface area contributed by atoms with Gasteiger partial charge in [-0.15, -0.1) is 0 Å². The van der Waals surface area contributed by atoms with Crippen molar-refractivity contribution in [2.75, 3.05) is 19.6 Å². The Morgan fingerprint density at radius 2 is 1.65 bits per heavy atom. The summed E-state index contributed by atoms with van der Waals surface area (Å²) in [5.41, 5.74) is 5.41. The van der Waals surface area contributed by atoms with Crippen LogP contribution in [0.25, 0.3) is 5.69 Å². The number of hydrogen-bond donors (Lipinski definition) is 0. The number of carbonyl (C=O) groups is 1. The second-order valence-corrected chi connectivity index (χ2v) is 6.72. The van der Waals surface area contributed by atoms with E-state index in [-0.39, 0.29) is 5.78 Å².